The third kappa shape index (κ3) is 2.54. The molecule has 2 aromatic rings. The van der Waals surface area contributed by atoms with E-state index < -0.39 is 0 Å². The number of aromatic amines is 1. The van der Waals surface area contributed by atoms with Gasteiger partial charge in [-0.1, -0.05) is 29.8 Å². The van der Waals surface area contributed by atoms with Crippen molar-refractivity contribution in [1.29, 1.82) is 0 Å². The summed E-state index contributed by atoms with van der Waals surface area (Å²) in [5.41, 5.74) is 2.13. The summed E-state index contributed by atoms with van der Waals surface area (Å²) in [6, 6.07) is 8.14. The molecule has 6 heteroatoms. The van der Waals surface area contributed by atoms with Crippen molar-refractivity contribution in [3.8, 4) is 11.3 Å². The number of rotatable bonds is 2. The summed E-state index contributed by atoms with van der Waals surface area (Å²) in [5.74, 6) is 0.0601. The van der Waals surface area contributed by atoms with Gasteiger partial charge >= 0.3 is 0 Å². The largest absolute Gasteiger partial charge is 0.331 e. The molecule has 2 N–H and O–H groups in total. The lowest BCUT2D eigenvalue weighted by Crippen LogP contribution is -2.42. The number of H-pyrrole nitrogens is 1. The van der Waals surface area contributed by atoms with E-state index in [9.17, 15) is 4.79 Å². The van der Waals surface area contributed by atoms with E-state index in [4.69, 9.17) is 11.6 Å². The van der Waals surface area contributed by atoms with E-state index in [1.54, 1.807) is 6.20 Å². The van der Waals surface area contributed by atoms with Gasteiger partial charge in [0.25, 0.3) is 5.91 Å². The minimum atomic E-state index is 0.0601. The Morgan fingerprint density at radius 3 is 2.91 bits per heavy atom. The first-order valence-corrected chi connectivity index (χ1v) is 8.45. The van der Waals surface area contributed by atoms with Crippen LogP contribution in [0.2, 0.25) is 5.02 Å². The molecule has 2 atom stereocenters. The average molecular weight is 331 g/mol. The zero-order chi connectivity index (χ0) is 15.8. The molecular weight excluding hydrogens is 312 g/mol. The summed E-state index contributed by atoms with van der Waals surface area (Å²) in [4.78, 5) is 15.2. The van der Waals surface area contributed by atoms with Crippen LogP contribution in [0.15, 0.2) is 30.5 Å². The van der Waals surface area contributed by atoms with Gasteiger partial charge < -0.3 is 10.2 Å². The molecule has 1 amide bonds. The van der Waals surface area contributed by atoms with Gasteiger partial charge in [0.05, 0.1) is 17.5 Å². The number of carbonyl (C=O) groups is 1. The first kappa shape index (κ1) is 14.7. The minimum Gasteiger partial charge on any atom is -0.331 e. The fourth-order valence-electron chi connectivity index (χ4n) is 3.77. The molecular formula is C17H19ClN4O. The number of hydrogen-bond donors (Lipinski definition) is 2. The lowest BCUT2D eigenvalue weighted by Gasteiger charge is -2.27. The Morgan fingerprint density at radius 1 is 1.22 bits per heavy atom. The molecule has 0 saturated carbocycles. The van der Waals surface area contributed by atoms with E-state index in [1.165, 1.54) is 0 Å². The van der Waals surface area contributed by atoms with Crippen molar-refractivity contribution < 1.29 is 4.79 Å². The Morgan fingerprint density at radius 2 is 2.04 bits per heavy atom. The quantitative estimate of drug-likeness (QED) is 0.890. The number of benzene rings is 1. The second kappa shape index (κ2) is 5.98. The molecule has 2 aliphatic heterocycles. The van der Waals surface area contributed by atoms with E-state index >= 15 is 0 Å². The van der Waals surface area contributed by atoms with Crippen LogP contribution in [-0.2, 0) is 0 Å². The second-order valence-electron chi connectivity index (χ2n) is 6.23. The molecule has 120 valence electrons. The summed E-state index contributed by atoms with van der Waals surface area (Å²) < 4.78 is 0. The van der Waals surface area contributed by atoms with Crippen molar-refractivity contribution >= 4 is 17.5 Å². The number of carbonyl (C=O) groups excluding carboxylic acids is 1. The van der Waals surface area contributed by atoms with Gasteiger partial charge in [0.2, 0.25) is 0 Å². The molecule has 2 bridgehead atoms. The Hall–Kier alpha value is -1.85. The molecule has 2 aliphatic rings. The summed E-state index contributed by atoms with van der Waals surface area (Å²) in [7, 11) is 0. The van der Waals surface area contributed by atoms with Crippen LogP contribution in [0.25, 0.3) is 11.3 Å². The van der Waals surface area contributed by atoms with Crippen molar-refractivity contribution in [2.75, 3.05) is 13.1 Å². The van der Waals surface area contributed by atoms with Crippen molar-refractivity contribution in [3.63, 3.8) is 0 Å². The molecule has 2 saturated heterocycles. The van der Waals surface area contributed by atoms with Gasteiger partial charge in [-0.25, -0.2) is 0 Å². The fraction of sp³-hybridized carbons (Fsp3) is 0.412. The summed E-state index contributed by atoms with van der Waals surface area (Å²) in [6.07, 6.45) is 4.81. The van der Waals surface area contributed by atoms with E-state index in [2.05, 4.69) is 20.4 Å². The molecule has 1 aromatic carbocycles. The molecule has 3 heterocycles. The minimum absolute atomic E-state index is 0.0601. The van der Waals surface area contributed by atoms with Crippen LogP contribution in [0.4, 0.5) is 0 Å². The molecule has 2 unspecified atom stereocenters. The highest BCUT2D eigenvalue weighted by atomic mass is 35.5. The zero-order valence-corrected chi connectivity index (χ0v) is 13.5. The Bertz CT molecular complexity index is 715. The van der Waals surface area contributed by atoms with E-state index in [-0.39, 0.29) is 11.9 Å². The smallest absolute Gasteiger partial charge is 0.258 e. The number of aromatic nitrogens is 2. The molecule has 1 aromatic heterocycles. The van der Waals surface area contributed by atoms with Gasteiger partial charge in [0, 0.05) is 29.2 Å². The molecule has 23 heavy (non-hydrogen) atoms. The lowest BCUT2D eigenvalue weighted by atomic mass is 10.1. The predicted octanol–water partition coefficient (Wildman–Crippen LogP) is 2.70. The maximum absolute atomic E-state index is 13.2. The summed E-state index contributed by atoms with van der Waals surface area (Å²) in [5, 5.41) is 11.1. The molecule has 4 rings (SSSR count). The normalized spacial score (nSPS) is 23.8. The summed E-state index contributed by atoms with van der Waals surface area (Å²) in [6.45, 7) is 1.86. The second-order valence-corrected chi connectivity index (χ2v) is 6.64. The van der Waals surface area contributed by atoms with E-state index in [1.807, 2.05) is 24.3 Å². The Kier molecular flexibility index (Phi) is 3.83. The maximum Gasteiger partial charge on any atom is 0.258 e. The highest BCUT2D eigenvalue weighted by molar-refractivity contribution is 6.33. The molecule has 0 aliphatic carbocycles. The van der Waals surface area contributed by atoms with Gasteiger partial charge in [-0.05, 0) is 31.9 Å². The van der Waals surface area contributed by atoms with Crippen LogP contribution in [0.1, 0.15) is 29.6 Å². The Labute approximate surface area is 140 Å². The fourth-order valence-corrected chi connectivity index (χ4v) is 4.00. The lowest BCUT2D eigenvalue weighted by molar-refractivity contribution is 0.0681. The molecule has 0 spiro atoms. The van der Waals surface area contributed by atoms with Crippen LogP contribution < -0.4 is 5.32 Å². The number of nitrogens with zero attached hydrogens (tertiary/aromatic N) is 2. The number of fused-ring (bicyclic) bond motifs is 2. The third-order valence-electron chi connectivity index (χ3n) is 4.90. The number of hydrogen-bond acceptors (Lipinski definition) is 3. The standard InChI is InChI=1S/C17H19ClN4O/c18-15-4-2-1-3-13(15)16-14(10-20-21-16)17(23)22-11-5-6-12(22)9-19-8-7-11/h1-4,10-12,19H,5-9H2,(H,20,21). The SMILES string of the molecule is O=C(c1cn[nH]c1-c1ccccc1Cl)N1C2CCNCC1CC2. The third-order valence-corrected chi connectivity index (χ3v) is 5.23. The molecule has 0 radical (unpaired) electrons. The van der Waals surface area contributed by atoms with Crippen molar-refractivity contribution in [1.82, 2.24) is 20.4 Å². The first-order valence-electron chi connectivity index (χ1n) is 8.07. The van der Waals surface area contributed by atoms with Crippen LogP contribution in [0, 0.1) is 0 Å². The summed E-state index contributed by atoms with van der Waals surface area (Å²) >= 11 is 6.29. The topological polar surface area (TPSA) is 61.0 Å². The first-order chi connectivity index (χ1) is 11.3. The number of halogens is 1. The highest BCUT2D eigenvalue weighted by Gasteiger charge is 2.39. The van der Waals surface area contributed by atoms with Crippen LogP contribution in [0.5, 0.6) is 0 Å². The van der Waals surface area contributed by atoms with Crippen molar-refractivity contribution in [2.24, 2.45) is 0 Å². The molecule has 2 fully saturated rings. The van der Waals surface area contributed by atoms with Gasteiger partial charge in [0.1, 0.15) is 0 Å². The number of amides is 1. The van der Waals surface area contributed by atoms with Crippen LogP contribution in [-0.4, -0.2) is 46.2 Å². The monoisotopic (exact) mass is 330 g/mol. The highest BCUT2D eigenvalue weighted by Crippen LogP contribution is 2.33. The van der Waals surface area contributed by atoms with Crippen LogP contribution in [0.3, 0.4) is 0 Å². The number of nitrogens with one attached hydrogen (secondary N) is 2. The van der Waals surface area contributed by atoms with Crippen molar-refractivity contribution in [3.05, 3.63) is 41.0 Å². The molecule has 5 nitrogen and oxygen atoms in total. The average Bonchev–Trinajstić information content (AvgIpc) is 3.11. The predicted molar refractivity (Wildman–Crippen MR) is 89.5 cm³/mol. The zero-order valence-electron chi connectivity index (χ0n) is 12.8. The van der Waals surface area contributed by atoms with Gasteiger partial charge in [-0.15, -0.1) is 0 Å². The maximum atomic E-state index is 13.2. The van der Waals surface area contributed by atoms with Gasteiger partial charge in [0.15, 0.2) is 0 Å². The van der Waals surface area contributed by atoms with Crippen molar-refractivity contribution in [2.45, 2.75) is 31.3 Å². The van der Waals surface area contributed by atoms with Gasteiger partial charge in [-0.3, -0.25) is 9.89 Å². The van der Waals surface area contributed by atoms with Gasteiger partial charge in [-0.2, -0.15) is 5.10 Å². The van der Waals surface area contributed by atoms with E-state index in [0.29, 0.717) is 22.3 Å². The van der Waals surface area contributed by atoms with E-state index in [0.717, 1.165) is 37.9 Å². The van der Waals surface area contributed by atoms with Crippen LogP contribution >= 0.6 is 11.6 Å². The Balaban J connectivity index is 1.71.